The second-order valence-corrected chi connectivity index (χ2v) is 5.43. The van der Waals surface area contributed by atoms with Gasteiger partial charge in [0.25, 0.3) is 0 Å². The average Bonchev–Trinajstić information content (AvgIpc) is 2.62. The van der Waals surface area contributed by atoms with Crippen LogP contribution in [-0.2, 0) is 14.2 Å². The Bertz CT molecular complexity index is 278. The van der Waals surface area contributed by atoms with Gasteiger partial charge in [-0.2, -0.15) is 0 Å². The van der Waals surface area contributed by atoms with Crippen LogP contribution in [0.3, 0.4) is 0 Å². The van der Waals surface area contributed by atoms with Crippen LogP contribution in [0, 0.1) is 11.8 Å². The molecule has 1 aliphatic carbocycles. The number of hydrogen-bond donors (Lipinski definition) is 1. The summed E-state index contributed by atoms with van der Waals surface area (Å²) >= 11 is 0. The van der Waals surface area contributed by atoms with Crippen molar-refractivity contribution in [2.75, 3.05) is 0 Å². The van der Waals surface area contributed by atoms with Crippen LogP contribution >= 0.6 is 0 Å². The summed E-state index contributed by atoms with van der Waals surface area (Å²) in [5, 5.41) is 9.82. The molecule has 0 aromatic heterocycles. The van der Waals surface area contributed by atoms with Gasteiger partial charge in [-0.25, -0.2) is 0 Å². The van der Waals surface area contributed by atoms with E-state index in [1.54, 1.807) is 0 Å². The number of aliphatic hydroxyl groups excluding tert-OH is 1. The fourth-order valence-corrected chi connectivity index (χ4v) is 3.22. The van der Waals surface area contributed by atoms with E-state index < -0.39 is 5.79 Å². The molecule has 1 saturated carbocycles. The number of ether oxygens (including phenoxy) is 3. The third-order valence-corrected chi connectivity index (χ3v) is 3.79. The van der Waals surface area contributed by atoms with Crippen molar-refractivity contribution in [3.8, 4) is 0 Å². The number of aliphatic hydroxyl groups is 1. The monoisotopic (exact) mass is 214 g/mol. The standard InChI is InChI=1S/C11H18O4/c1-5-4-6(12)8-7(5)9-10(13-8)15-11(2,3)14-9/h5-10,12H,4H2,1-3H3/t5-,6-,7-,8+,9+,10+/m0/s1. The molecule has 3 fully saturated rings. The van der Waals surface area contributed by atoms with Crippen LogP contribution in [0.1, 0.15) is 27.2 Å². The minimum atomic E-state index is -0.548. The zero-order valence-electron chi connectivity index (χ0n) is 9.34. The van der Waals surface area contributed by atoms with Gasteiger partial charge < -0.3 is 19.3 Å². The van der Waals surface area contributed by atoms with E-state index in [2.05, 4.69) is 6.92 Å². The highest BCUT2D eigenvalue weighted by atomic mass is 16.8. The smallest absolute Gasteiger partial charge is 0.187 e. The molecule has 6 atom stereocenters. The first kappa shape index (κ1) is 10.0. The summed E-state index contributed by atoms with van der Waals surface area (Å²) in [6.45, 7) is 5.95. The summed E-state index contributed by atoms with van der Waals surface area (Å²) in [6.07, 6.45) is 0.0732. The normalized spacial score (nSPS) is 56.8. The summed E-state index contributed by atoms with van der Waals surface area (Å²) in [7, 11) is 0. The molecule has 4 nitrogen and oxygen atoms in total. The molecule has 86 valence electrons. The van der Waals surface area contributed by atoms with Crippen molar-refractivity contribution in [2.45, 2.75) is 57.6 Å². The molecule has 0 aromatic carbocycles. The van der Waals surface area contributed by atoms with Crippen molar-refractivity contribution in [2.24, 2.45) is 11.8 Å². The van der Waals surface area contributed by atoms with Crippen LogP contribution in [0.2, 0.25) is 0 Å². The van der Waals surface area contributed by atoms with E-state index in [1.807, 2.05) is 13.8 Å². The predicted octanol–water partition coefficient (Wildman–Crippen LogP) is 0.880. The Morgan fingerprint density at radius 3 is 2.67 bits per heavy atom. The molecule has 1 N–H and O–H groups in total. The van der Waals surface area contributed by atoms with Gasteiger partial charge in [-0.1, -0.05) is 6.92 Å². The maximum Gasteiger partial charge on any atom is 0.187 e. The molecule has 0 spiro atoms. The second-order valence-electron chi connectivity index (χ2n) is 5.43. The molecule has 15 heavy (non-hydrogen) atoms. The minimum Gasteiger partial charge on any atom is -0.390 e. The van der Waals surface area contributed by atoms with E-state index in [0.29, 0.717) is 5.92 Å². The van der Waals surface area contributed by atoms with E-state index in [0.717, 1.165) is 6.42 Å². The fourth-order valence-electron chi connectivity index (χ4n) is 3.22. The molecule has 0 bridgehead atoms. The molecular formula is C11H18O4. The third-order valence-electron chi connectivity index (χ3n) is 3.79. The van der Waals surface area contributed by atoms with Gasteiger partial charge in [0.15, 0.2) is 12.1 Å². The Hall–Kier alpha value is -0.160. The third kappa shape index (κ3) is 1.35. The van der Waals surface area contributed by atoms with Crippen LogP contribution in [0.5, 0.6) is 0 Å². The molecule has 3 rings (SSSR count). The highest BCUT2D eigenvalue weighted by Crippen LogP contribution is 2.49. The average molecular weight is 214 g/mol. The van der Waals surface area contributed by atoms with Crippen molar-refractivity contribution >= 4 is 0 Å². The topological polar surface area (TPSA) is 47.9 Å². The zero-order valence-corrected chi connectivity index (χ0v) is 9.34. The Kier molecular flexibility index (Phi) is 1.97. The van der Waals surface area contributed by atoms with Crippen LogP contribution in [0.15, 0.2) is 0 Å². The molecular weight excluding hydrogens is 196 g/mol. The number of fused-ring (bicyclic) bond motifs is 3. The van der Waals surface area contributed by atoms with Gasteiger partial charge in [0.1, 0.15) is 6.10 Å². The van der Waals surface area contributed by atoms with Gasteiger partial charge in [-0.3, -0.25) is 0 Å². The van der Waals surface area contributed by atoms with Crippen molar-refractivity contribution in [1.29, 1.82) is 0 Å². The van der Waals surface area contributed by atoms with E-state index in [-0.39, 0.29) is 30.5 Å². The van der Waals surface area contributed by atoms with Crippen molar-refractivity contribution in [1.82, 2.24) is 0 Å². The van der Waals surface area contributed by atoms with Gasteiger partial charge in [-0.15, -0.1) is 0 Å². The number of hydrogen-bond acceptors (Lipinski definition) is 4. The molecule has 0 amide bonds. The molecule has 4 heteroatoms. The van der Waals surface area contributed by atoms with E-state index in [4.69, 9.17) is 14.2 Å². The van der Waals surface area contributed by atoms with E-state index >= 15 is 0 Å². The Labute approximate surface area is 89.5 Å². The molecule has 0 unspecified atom stereocenters. The van der Waals surface area contributed by atoms with Gasteiger partial charge >= 0.3 is 0 Å². The summed E-state index contributed by atoms with van der Waals surface area (Å²) in [5.74, 6) is 0.178. The molecule has 2 saturated heterocycles. The van der Waals surface area contributed by atoms with Crippen molar-refractivity contribution < 1.29 is 19.3 Å². The first-order chi connectivity index (χ1) is 6.98. The molecule has 2 aliphatic heterocycles. The fraction of sp³-hybridized carbons (Fsp3) is 1.00. The molecule has 2 heterocycles. The lowest BCUT2D eigenvalue weighted by Gasteiger charge is -2.23. The lowest BCUT2D eigenvalue weighted by Crippen LogP contribution is -2.32. The largest absolute Gasteiger partial charge is 0.390 e. The van der Waals surface area contributed by atoms with Gasteiger partial charge in [0.05, 0.1) is 12.2 Å². The van der Waals surface area contributed by atoms with Crippen molar-refractivity contribution in [3.05, 3.63) is 0 Å². The van der Waals surface area contributed by atoms with Crippen LogP contribution < -0.4 is 0 Å². The first-order valence-electron chi connectivity index (χ1n) is 5.67. The maximum atomic E-state index is 9.82. The van der Waals surface area contributed by atoms with Gasteiger partial charge in [-0.05, 0) is 26.2 Å². The maximum absolute atomic E-state index is 9.82. The summed E-state index contributed by atoms with van der Waals surface area (Å²) in [5.41, 5.74) is 0. The summed E-state index contributed by atoms with van der Waals surface area (Å²) < 4.78 is 17.2. The highest BCUT2D eigenvalue weighted by Gasteiger charge is 2.60. The Morgan fingerprint density at radius 2 is 1.93 bits per heavy atom. The van der Waals surface area contributed by atoms with E-state index in [9.17, 15) is 5.11 Å². The SMILES string of the molecule is C[C@H]1C[C@H](O)[C@H]2O[C@@H]3OC(C)(C)O[C@@H]3[C@H]21. The molecule has 0 aromatic rings. The lowest BCUT2D eigenvalue weighted by atomic mass is 9.92. The quantitative estimate of drug-likeness (QED) is 0.650. The first-order valence-corrected chi connectivity index (χ1v) is 5.67. The van der Waals surface area contributed by atoms with Crippen LogP contribution in [-0.4, -0.2) is 35.5 Å². The predicted molar refractivity (Wildman–Crippen MR) is 52.0 cm³/mol. The van der Waals surface area contributed by atoms with Crippen LogP contribution in [0.4, 0.5) is 0 Å². The van der Waals surface area contributed by atoms with Gasteiger partial charge in [0, 0.05) is 5.92 Å². The van der Waals surface area contributed by atoms with Crippen LogP contribution in [0.25, 0.3) is 0 Å². The summed E-state index contributed by atoms with van der Waals surface area (Å²) in [6, 6.07) is 0. The summed E-state index contributed by atoms with van der Waals surface area (Å²) in [4.78, 5) is 0. The van der Waals surface area contributed by atoms with Gasteiger partial charge in [0.2, 0.25) is 0 Å². The molecule has 3 aliphatic rings. The zero-order chi connectivity index (χ0) is 10.8. The Balaban J connectivity index is 1.84. The lowest BCUT2D eigenvalue weighted by molar-refractivity contribution is -0.215. The molecule has 0 radical (unpaired) electrons. The highest BCUT2D eigenvalue weighted by molar-refractivity contribution is 5.02. The second kappa shape index (κ2) is 2.94. The van der Waals surface area contributed by atoms with Crippen molar-refractivity contribution in [3.63, 3.8) is 0 Å². The number of rotatable bonds is 0. The van der Waals surface area contributed by atoms with E-state index in [1.165, 1.54) is 0 Å². The Morgan fingerprint density at radius 1 is 1.20 bits per heavy atom. The minimum absolute atomic E-state index is 0.00264.